The molecule has 21 heavy (non-hydrogen) atoms. The number of hydrogen-bond donors (Lipinski definition) is 2. The van der Waals surface area contributed by atoms with E-state index in [-0.39, 0.29) is 11.0 Å². The second kappa shape index (κ2) is 7.91. The lowest BCUT2D eigenvalue weighted by molar-refractivity contribution is -0.115. The molecule has 0 saturated heterocycles. The van der Waals surface area contributed by atoms with Crippen LogP contribution < -0.4 is 10.6 Å². The molecule has 1 heterocycles. The number of carbonyl (C=O) groups is 1. The highest BCUT2D eigenvalue weighted by atomic mass is 32.1. The van der Waals surface area contributed by atoms with Crippen LogP contribution in [0, 0.1) is 0 Å². The van der Waals surface area contributed by atoms with Crippen LogP contribution in [0.4, 0.5) is 0 Å². The number of hydrogen-bond acceptors (Lipinski definition) is 3. The van der Waals surface area contributed by atoms with Crippen molar-refractivity contribution in [1.29, 1.82) is 0 Å². The summed E-state index contributed by atoms with van der Waals surface area (Å²) in [5, 5.41) is 5.80. The molecule has 0 bridgehead atoms. The SMILES string of the molecule is O=C(/C=C\c1ccccc1)NC(=S)NCc1ccccn1. The lowest BCUT2D eigenvalue weighted by Gasteiger charge is -2.07. The van der Waals surface area contributed by atoms with E-state index in [0.29, 0.717) is 6.54 Å². The molecule has 0 aliphatic heterocycles. The zero-order valence-corrected chi connectivity index (χ0v) is 12.1. The van der Waals surface area contributed by atoms with E-state index in [0.717, 1.165) is 11.3 Å². The molecular weight excluding hydrogens is 282 g/mol. The fourth-order valence-corrected chi connectivity index (χ4v) is 1.78. The van der Waals surface area contributed by atoms with Crippen molar-refractivity contribution in [2.75, 3.05) is 0 Å². The third-order valence-electron chi connectivity index (χ3n) is 2.62. The predicted molar refractivity (Wildman–Crippen MR) is 87.3 cm³/mol. The van der Waals surface area contributed by atoms with E-state index in [1.807, 2.05) is 48.5 Å². The number of rotatable bonds is 4. The Hall–Kier alpha value is -2.53. The molecule has 0 saturated carbocycles. The van der Waals surface area contributed by atoms with Gasteiger partial charge in [-0.15, -0.1) is 0 Å². The van der Waals surface area contributed by atoms with Gasteiger partial charge in [-0.1, -0.05) is 36.4 Å². The van der Waals surface area contributed by atoms with Gasteiger partial charge in [0.25, 0.3) is 0 Å². The largest absolute Gasteiger partial charge is 0.357 e. The van der Waals surface area contributed by atoms with Gasteiger partial charge in [-0.25, -0.2) is 0 Å². The summed E-state index contributed by atoms with van der Waals surface area (Å²) in [6.45, 7) is 0.475. The van der Waals surface area contributed by atoms with E-state index in [1.165, 1.54) is 6.08 Å². The van der Waals surface area contributed by atoms with Crippen molar-refractivity contribution in [3.63, 3.8) is 0 Å². The number of nitrogens with one attached hydrogen (secondary N) is 2. The van der Waals surface area contributed by atoms with E-state index < -0.39 is 0 Å². The zero-order valence-electron chi connectivity index (χ0n) is 11.3. The second-order valence-electron chi connectivity index (χ2n) is 4.24. The van der Waals surface area contributed by atoms with Crippen molar-refractivity contribution in [1.82, 2.24) is 15.6 Å². The van der Waals surface area contributed by atoms with Gasteiger partial charge >= 0.3 is 0 Å². The minimum absolute atomic E-state index is 0.266. The molecule has 2 aromatic rings. The third-order valence-corrected chi connectivity index (χ3v) is 2.87. The first-order valence-electron chi connectivity index (χ1n) is 6.46. The van der Waals surface area contributed by atoms with Crippen LogP contribution in [0.3, 0.4) is 0 Å². The third kappa shape index (κ3) is 5.54. The summed E-state index contributed by atoms with van der Waals surface area (Å²) < 4.78 is 0. The van der Waals surface area contributed by atoms with E-state index >= 15 is 0 Å². The van der Waals surface area contributed by atoms with Gasteiger partial charge in [0.2, 0.25) is 5.91 Å². The summed E-state index contributed by atoms with van der Waals surface area (Å²) in [5.74, 6) is -0.266. The highest BCUT2D eigenvalue weighted by Gasteiger charge is 2.00. The van der Waals surface area contributed by atoms with Crippen LogP contribution in [-0.2, 0) is 11.3 Å². The Morgan fingerprint density at radius 1 is 1.14 bits per heavy atom. The zero-order chi connectivity index (χ0) is 14.9. The van der Waals surface area contributed by atoms with Gasteiger partial charge in [0, 0.05) is 12.3 Å². The van der Waals surface area contributed by atoms with E-state index in [9.17, 15) is 4.79 Å². The molecule has 0 aliphatic carbocycles. The fraction of sp³-hybridized carbons (Fsp3) is 0.0625. The molecule has 1 amide bonds. The van der Waals surface area contributed by atoms with Crippen LogP contribution in [0.1, 0.15) is 11.3 Å². The Kier molecular flexibility index (Phi) is 5.60. The average molecular weight is 297 g/mol. The topological polar surface area (TPSA) is 54.0 Å². The van der Waals surface area contributed by atoms with E-state index in [1.54, 1.807) is 12.3 Å². The highest BCUT2D eigenvalue weighted by molar-refractivity contribution is 7.80. The Balaban J connectivity index is 1.77. The van der Waals surface area contributed by atoms with Gasteiger partial charge in [-0.2, -0.15) is 0 Å². The molecule has 5 heteroatoms. The number of pyridine rings is 1. The highest BCUT2D eigenvalue weighted by Crippen LogP contribution is 2.00. The van der Waals surface area contributed by atoms with Crippen molar-refractivity contribution in [2.45, 2.75) is 6.54 Å². The average Bonchev–Trinajstić information content (AvgIpc) is 2.53. The Morgan fingerprint density at radius 3 is 2.62 bits per heavy atom. The minimum atomic E-state index is -0.266. The number of aromatic nitrogens is 1. The fourth-order valence-electron chi connectivity index (χ4n) is 1.61. The van der Waals surface area contributed by atoms with Gasteiger partial charge in [0.15, 0.2) is 5.11 Å². The van der Waals surface area contributed by atoms with Crippen LogP contribution >= 0.6 is 12.2 Å². The molecule has 0 radical (unpaired) electrons. The molecule has 0 atom stereocenters. The smallest absolute Gasteiger partial charge is 0.250 e. The molecular formula is C16H15N3OS. The van der Waals surface area contributed by atoms with E-state index in [2.05, 4.69) is 15.6 Å². The lowest BCUT2D eigenvalue weighted by Crippen LogP contribution is -2.38. The van der Waals surface area contributed by atoms with Crippen molar-refractivity contribution in [2.24, 2.45) is 0 Å². The summed E-state index contributed by atoms with van der Waals surface area (Å²) >= 11 is 5.06. The number of amides is 1. The van der Waals surface area contributed by atoms with E-state index in [4.69, 9.17) is 12.2 Å². The van der Waals surface area contributed by atoms with Crippen molar-refractivity contribution < 1.29 is 4.79 Å². The molecule has 1 aromatic carbocycles. The van der Waals surface area contributed by atoms with Gasteiger partial charge in [0.05, 0.1) is 12.2 Å². The van der Waals surface area contributed by atoms with Gasteiger partial charge in [0.1, 0.15) is 0 Å². The summed E-state index contributed by atoms with van der Waals surface area (Å²) in [4.78, 5) is 15.9. The molecule has 0 spiro atoms. The molecule has 0 unspecified atom stereocenters. The normalized spacial score (nSPS) is 10.3. The number of nitrogens with zero attached hydrogens (tertiary/aromatic N) is 1. The first kappa shape index (κ1) is 14.9. The maximum Gasteiger partial charge on any atom is 0.250 e. The summed E-state index contributed by atoms with van der Waals surface area (Å²) in [6.07, 6.45) is 4.89. The number of benzene rings is 1. The Morgan fingerprint density at radius 2 is 1.90 bits per heavy atom. The quantitative estimate of drug-likeness (QED) is 0.671. The summed E-state index contributed by atoms with van der Waals surface area (Å²) in [5.41, 5.74) is 1.81. The Bertz CT molecular complexity index is 626. The van der Waals surface area contributed by atoms with Gasteiger partial charge in [-0.05, 0) is 36.0 Å². The van der Waals surface area contributed by atoms with Crippen molar-refractivity contribution in [3.05, 3.63) is 72.1 Å². The van der Waals surface area contributed by atoms with Crippen LogP contribution in [0.5, 0.6) is 0 Å². The minimum Gasteiger partial charge on any atom is -0.357 e. The monoisotopic (exact) mass is 297 g/mol. The van der Waals surface area contributed by atoms with Crippen LogP contribution in [0.2, 0.25) is 0 Å². The first-order chi connectivity index (χ1) is 10.2. The summed E-state index contributed by atoms with van der Waals surface area (Å²) in [6, 6.07) is 15.2. The molecule has 106 valence electrons. The molecule has 4 nitrogen and oxygen atoms in total. The first-order valence-corrected chi connectivity index (χ1v) is 6.87. The lowest BCUT2D eigenvalue weighted by atomic mass is 10.2. The summed E-state index contributed by atoms with van der Waals surface area (Å²) in [7, 11) is 0. The molecule has 2 rings (SSSR count). The number of thiocarbonyl (C=S) groups is 1. The molecule has 0 fully saturated rings. The Labute approximate surface area is 128 Å². The predicted octanol–water partition coefficient (Wildman–Crippen LogP) is 2.29. The van der Waals surface area contributed by atoms with Crippen molar-refractivity contribution >= 4 is 29.3 Å². The maximum atomic E-state index is 11.7. The van der Waals surface area contributed by atoms with Crippen LogP contribution in [0.15, 0.2) is 60.8 Å². The van der Waals surface area contributed by atoms with Gasteiger partial charge in [-0.3, -0.25) is 15.1 Å². The van der Waals surface area contributed by atoms with Crippen molar-refractivity contribution in [3.8, 4) is 0 Å². The second-order valence-corrected chi connectivity index (χ2v) is 4.65. The number of carbonyl (C=O) groups excluding carboxylic acids is 1. The maximum absolute atomic E-state index is 11.7. The molecule has 0 aliphatic rings. The van der Waals surface area contributed by atoms with Crippen LogP contribution in [-0.4, -0.2) is 16.0 Å². The van der Waals surface area contributed by atoms with Gasteiger partial charge < -0.3 is 5.32 Å². The van der Waals surface area contributed by atoms with Crippen LogP contribution in [0.25, 0.3) is 6.08 Å². The molecule has 1 aromatic heterocycles. The molecule has 2 N–H and O–H groups in total. The standard InChI is InChI=1S/C16H15N3OS/c20-15(10-9-13-6-2-1-3-7-13)19-16(21)18-12-14-8-4-5-11-17-14/h1-11H,12H2,(H2,18,19,20,21)/b10-9-.